The highest BCUT2D eigenvalue weighted by atomic mass is 32.2. The van der Waals surface area contributed by atoms with Crippen LogP contribution in [0.1, 0.15) is 45.1 Å². The van der Waals surface area contributed by atoms with Gasteiger partial charge < -0.3 is 10.7 Å². The first-order chi connectivity index (χ1) is 12.5. The molecule has 0 bridgehead atoms. The Kier molecular flexibility index (Phi) is 5.86. The highest BCUT2D eigenvalue weighted by Gasteiger charge is 2.30. The maximum Gasteiger partial charge on any atom is 0.236 e. The minimum atomic E-state index is -0.237. The molecule has 1 fully saturated rings. The molecule has 2 atom stereocenters. The van der Waals surface area contributed by atoms with E-state index < -0.39 is 0 Å². The number of aromatic nitrogens is 3. The highest BCUT2D eigenvalue weighted by molar-refractivity contribution is 8.00. The molecule has 0 saturated carbocycles. The van der Waals surface area contributed by atoms with E-state index in [0.29, 0.717) is 17.0 Å². The zero-order valence-electron chi connectivity index (χ0n) is 15.7. The number of piperidine rings is 1. The van der Waals surface area contributed by atoms with Gasteiger partial charge in [0.1, 0.15) is 0 Å². The van der Waals surface area contributed by atoms with Crippen LogP contribution in [0.5, 0.6) is 0 Å². The van der Waals surface area contributed by atoms with Gasteiger partial charge >= 0.3 is 0 Å². The lowest BCUT2D eigenvalue weighted by atomic mass is 10.00. The Hall–Kier alpha value is -2.02. The number of hydrogen-bond acceptors (Lipinski definition) is 5. The molecule has 140 valence electrons. The van der Waals surface area contributed by atoms with E-state index in [1.54, 1.807) is 0 Å². The number of rotatable bonds is 5. The summed E-state index contributed by atoms with van der Waals surface area (Å²) in [5, 5.41) is 8.74. The molecule has 7 heteroatoms. The smallest absolute Gasteiger partial charge is 0.236 e. The SMILES string of the molecule is CCC1CCCCN1C(=O)C(C)Sc1nnc(-c2ccc(C)cc2)n1N. The van der Waals surface area contributed by atoms with Crippen LogP contribution in [0.15, 0.2) is 29.4 Å². The molecule has 1 aromatic carbocycles. The van der Waals surface area contributed by atoms with E-state index in [1.165, 1.54) is 28.4 Å². The Balaban J connectivity index is 1.72. The molecule has 1 saturated heterocycles. The van der Waals surface area contributed by atoms with Crippen molar-refractivity contribution in [2.75, 3.05) is 12.4 Å². The molecular weight excluding hydrogens is 346 g/mol. The fraction of sp³-hybridized carbons (Fsp3) is 0.526. The van der Waals surface area contributed by atoms with Gasteiger partial charge in [-0.3, -0.25) is 4.79 Å². The lowest BCUT2D eigenvalue weighted by Gasteiger charge is -2.36. The molecule has 2 aromatic rings. The van der Waals surface area contributed by atoms with Crippen LogP contribution in [-0.4, -0.2) is 43.5 Å². The summed E-state index contributed by atoms with van der Waals surface area (Å²) >= 11 is 1.38. The zero-order chi connectivity index (χ0) is 18.7. The van der Waals surface area contributed by atoms with Gasteiger partial charge in [-0.05, 0) is 39.5 Å². The number of nitrogen functional groups attached to an aromatic ring is 1. The fourth-order valence-electron chi connectivity index (χ4n) is 3.41. The Morgan fingerprint density at radius 1 is 1.31 bits per heavy atom. The fourth-order valence-corrected chi connectivity index (χ4v) is 4.25. The molecule has 1 aromatic heterocycles. The van der Waals surface area contributed by atoms with E-state index in [4.69, 9.17) is 5.84 Å². The molecule has 1 aliphatic heterocycles. The topological polar surface area (TPSA) is 77.0 Å². The van der Waals surface area contributed by atoms with Crippen molar-refractivity contribution in [3.63, 3.8) is 0 Å². The Labute approximate surface area is 159 Å². The summed E-state index contributed by atoms with van der Waals surface area (Å²) in [6.45, 7) is 6.97. The number of carbonyl (C=O) groups is 1. The zero-order valence-corrected chi connectivity index (χ0v) is 16.5. The number of benzene rings is 1. The number of aryl methyl sites for hydroxylation is 1. The highest BCUT2D eigenvalue weighted by Crippen LogP contribution is 2.28. The lowest BCUT2D eigenvalue weighted by molar-refractivity contribution is -0.134. The lowest BCUT2D eigenvalue weighted by Crippen LogP contribution is -2.46. The first-order valence-electron chi connectivity index (χ1n) is 9.26. The van der Waals surface area contributed by atoms with Crippen LogP contribution >= 0.6 is 11.8 Å². The van der Waals surface area contributed by atoms with Crippen molar-refractivity contribution in [3.8, 4) is 11.4 Å². The van der Waals surface area contributed by atoms with Gasteiger partial charge in [0.05, 0.1) is 5.25 Å². The van der Waals surface area contributed by atoms with E-state index >= 15 is 0 Å². The third-order valence-corrected chi connectivity index (χ3v) is 6.03. The van der Waals surface area contributed by atoms with Crippen LogP contribution in [0.2, 0.25) is 0 Å². The molecular formula is C19H27N5OS. The normalized spacial score (nSPS) is 18.7. The van der Waals surface area contributed by atoms with Crippen LogP contribution in [0, 0.1) is 6.92 Å². The Bertz CT molecular complexity index is 758. The van der Waals surface area contributed by atoms with Crippen molar-refractivity contribution in [1.82, 2.24) is 19.8 Å². The molecule has 1 aliphatic rings. The minimum absolute atomic E-state index is 0.168. The average Bonchev–Trinajstić information content (AvgIpc) is 3.02. The second-order valence-electron chi connectivity index (χ2n) is 6.89. The summed E-state index contributed by atoms with van der Waals surface area (Å²) < 4.78 is 1.48. The molecule has 2 N–H and O–H groups in total. The van der Waals surface area contributed by atoms with Crippen LogP contribution < -0.4 is 5.84 Å². The summed E-state index contributed by atoms with van der Waals surface area (Å²) in [5.74, 6) is 6.98. The van der Waals surface area contributed by atoms with Crippen molar-refractivity contribution in [2.45, 2.75) is 62.9 Å². The molecule has 0 spiro atoms. The first-order valence-corrected chi connectivity index (χ1v) is 10.1. The summed E-state index contributed by atoms with van der Waals surface area (Å²) in [7, 11) is 0. The predicted octanol–water partition coefficient (Wildman–Crippen LogP) is 3.24. The van der Waals surface area contributed by atoms with E-state index in [0.717, 1.165) is 31.4 Å². The predicted molar refractivity (Wildman–Crippen MR) is 105 cm³/mol. The maximum atomic E-state index is 12.9. The third-order valence-electron chi connectivity index (χ3n) is 4.99. The molecule has 6 nitrogen and oxygen atoms in total. The monoisotopic (exact) mass is 373 g/mol. The van der Waals surface area contributed by atoms with Crippen LogP contribution in [0.25, 0.3) is 11.4 Å². The van der Waals surface area contributed by atoms with E-state index in [2.05, 4.69) is 17.1 Å². The van der Waals surface area contributed by atoms with Gasteiger partial charge in [0.2, 0.25) is 11.1 Å². The molecule has 0 radical (unpaired) electrons. The summed E-state index contributed by atoms with van der Waals surface area (Å²) in [6, 6.07) is 8.35. The van der Waals surface area contributed by atoms with Crippen LogP contribution in [0.4, 0.5) is 0 Å². The number of thioether (sulfide) groups is 1. The number of hydrogen-bond donors (Lipinski definition) is 1. The summed E-state index contributed by atoms with van der Waals surface area (Å²) in [6.07, 6.45) is 4.41. The molecule has 3 rings (SSSR count). The molecule has 2 unspecified atom stereocenters. The van der Waals surface area contributed by atoms with Crippen LogP contribution in [0.3, 0.4) is 0 Å². The van der Waals surface area contributed by atoms with Gasteiger partial charge in [-0.1, -0.05) is 48.5 Å². The van der Waals surface area contributed by atoms with E-state index in [9.17, 15) is 4.79 Å². The number of nitrogens with zero attached hydrogens (tertiary/aromatic N) is 4. The number of nitrogens with two attached hydrogens (primary N) is 1. The maximum absolute atomic E-state index is 12.9. The summed E-state index contributed by atoms with van der Waals surface area (Å²) in [4.78, 5) is 14.9. The second kappa shape index (κ2) is 8.12. The molecule has 2 heterocycles. The Morgan fingerprint density at radius 2 is 2.04 bits per heavy atom. The van der Waals surface area contributed by atoms with Crippen molar-refractivity contribution in [1.29, 1.82) is 0 Å². The van der Waals surface area contributed by atoms with Crippen molar-refractivity contribution >= 4 is 17.7 Å². The molecule has 26 heavy (non-hydrogen) atoms. The van der Waals surface area contributed by atoms with Gasteiger partial charge in [0.15, 0.2) is 5.82 Å². The minimum Gasteiger partial charge on any atom is -0.339 e. The van der Waals surface area contributed by atoms with E-state index in [1.807, 2.05) is 43.0 Å². The quantitative estimate of drug-likeness (QED) is 0.643. The van der Waals surface area contributed by atoms with Crippen molar-refractivity contribution < 1.29 is 4.79 Å². The van der Waals surface area contributed by atoms with Gasteiger partial charge in [-0.15, -0.1) is 10.2 Å². The largest absolute Gasteiger partial charge is 0.339 e. The van der Waals surface area contributed by atoms with Gasteiger partial charge in [0, 0.05) is 18.2 Å². The van der Waals surface area contributed by atoms with Crippen molar-refractivity contribution in [2.24, 2.45) is 0 Å². The summed E-state index contributed by atoms with van der Waals surface area (Å²) in [5.41, 5.74) is 2.09. The molecule has 1 amide bonds. The molecule has 0 aliphatic carbocycles. The average molecular weight is 374 g/mol. The third kappa shape index (κ3) is 3.87. The van der Waals surface area contributed by atoms with E-state index in [-0.39, 0.29) is 11.2 Å². The number of amides is 1. The van der Waals surface area contributed by atoms with Crippen LogP contribution in [-0.2, 0) is 4.79 Å². The van der Waals surface area contributed by atoms with Gasteiger partial charge in [-0.2, -0.15) is 0 Å². The second-order valence-corrected chi connectivity index (χ2v) is 8.20. The first kappa shape index (κ1) is 18.8. The number of carbonyl (C=O) groups excluding carboxylic acids is 1. The standard InChI is InChI=1S/C19H27N5OS/c1-4-16-7-5-6-12-23(16)18(25)14(3)26-19-22-21-17(24(19)20)15-10-8-13(2)9-11-15/h8-11,14,16H,4-7,12,20H2,1-3H3. The van der Waals surface area contributed by atoms with Gasteiger partial charge in [-0.25, -0.2) is 4.68 Å². The van der Waals surface area contributed by atoms with Crippen molar-refractivity contribution in [3.05, 3.63) is 29.8 Å². The van der Waals surface area contributed by atoms with Gasteiger partial charge in [0.25, 0.3) is 0 Å². The Morgan fingerprint density at radius 3 is 2.73 bits per heavy atom. The number of likely N-dealkylation sites (tertiary alicyclic amines) is 1.